The first-order chi connectivity index (χ1) is 18.1. The van der Waals surface area contributed by atoms with Gasteiger partial charge in [-0.1, -0.05) is 36.4 Å². The molecule has 1 aliphatic heterocycles. The van der Waals surface area contributed by atoms with Gasteiger partial charge in [0, 0.05) is 18.8 Å². The van der Waals surface area contributed by atoms with Crippen molar-refractivity contribution in [2.45, 2.75) is 18.8 Å². The number of anilines is 1. The molecule has 3 amide bonds. The molecule has 1 N–H and O–H groups in total. The number of urea groups is 1. The van der Waals surface area contributed by atoms with Gasteiger partial charge in [-0.05, 0) is 59.7 Å². The summed E-state index contributed by atoms with van der Waals surface area (Å²) in [5.74, 6) is -0.0985. The lowest BCUT2D eigenvalue weighted by Crippen LogP contribution is -2.46. The van der Waals surface area contributed by atoms with E-state index in [2.05, 4.69) is 5.32 Å². The summed E-state index contributed by atoms with van der Waals surface area (Å²) < 4.78 is 57.2. The molecule has 0 saturated carbocycles. The smallest absolute Gasteiger partial charge is 0.416 e. The molecule has 0 saturated heterocycles. The second-order valence-corrected chi connectivity index (χ2v) is 8.68. The Balaban J connectivity index is 1.57. The van der Waals surface area contributed by atoms with E-state index in [1.165, 1.54) is 17.0 Å². The molecule has 0 aliphatic carbocycles. The zero-order chi connectivity index (χ0) is 27.3. The molecule has 0 radical (unpaired) electrons. The van der Waals surface area contributed by atoms with Gasteiger partial charge in [0.1, 0.15) is 18.1 Å². The van der Waals surface area contributed by atoms with Gasteiger partial charge < -0.3 is 19.9 Å². The Hall–Kier alpha value is -4.34. The minimum atomic E-state index is -4.49. The van der Waals surface area contributed by atoms with Crippen molar-refractivity contribution in [1.29, 1.82) is 0 Å². The van der Waals surface area contributed by atoms with Gasteiger partial charge in [-0.3, -0.25) is 4.79 Å². The van der Waals surface area contributed by atoms with Gasteiger partial charge in [-0.2, -0.15) is 13.2 Å². The van der Waals surface area contributed by atoms with E-state index in [1.54, 1.807) is 48.4 Å². The van der Waals surface area contributed by atoms with Gasteiger partial charge in [0.2, 0.25) is 5.91 Å². The number of benzene rings is 3. The average molecular weight is 528 g/mol. The highest BCUT2D eigenvalue weighted by Crippen LogP contribution is 2.30. The van der Waals surface area contributed by atoms with E-state index in [0.717, 1.165) is 29.8 Å². The predicted molar refractivity (Wildman–Crippen MR) is 134 cm³/mol. The normalized spacial score (nSPS) is 17.0. The first-order valence-corrected chi connectivity index (χ1v) is 11.7. The highest BCUT2D eigenvalue weighted by molar-refractivity contribution is 5.92. The third-order valence-electron chi connectivity index (χ3n) is 6.10. The van der Waals surface area contributed by atoms with Crippen LogP contribution in [0.3, 0.4) is 0 Å². The zero-order valence-electron chi connectivity index (χ0n) is 20.4. The Morgan fingerprint density at radius 3 is 2.26 bits per heavy atom. The second kappa shape index (κ2) is 11.4. The predicted octanol–water partition coefficient (Wildman–Crippen LogP) is 6.03. The number of halogens is 4. The van der Waals surface area contributed by atoms with E-state index in [-0.39, 0.29) is 31.2 Å². The number of nitrogens with zero attached hydrogens (tertiary/aromatic N) is 2. The fourth-order valence-corrected chi connectivity index (χ4v) is 4.06. The van der Waals surface area contributed by atoms with E-state index in [0.29, 0.717) is 11.3 Å². The number of hydrogen-bond acceptors (Lipinski definition) is 3. The fraction of sp³-hybridized carbons (Fsp3) is 0.214. The molecule has 6 nitrogen and oxygen atoms in total. The van der Waals surface area contributed by atoms with Gasteiger partial charge in [-0.15, -0.1) is 0 Å². The van der Waals surface area contributed by atoms with Crippen LogP contribution in [-0.4, -0.2) is 41.9 Å². The van der Waals surface area contributed by atoms with Crippen molar-refractivity contribution < 1.29 is 31.9 Å². The quantitative estimate of drug-likeness (QED) is 0.326. The van der Waals surface area contributed by atoms with E-state index in [9.17, 15) is 27.2 Å². The first-order valence-electron chi connectivity index (χ1n) is 11.7. The van der Waals surface area contributed by atoms with Crippen molar-refractivity contribution in [2.24, 2.45) is 0 Å². The monoisotopic (exact) mass is 527 g/mol. The largest absolute Gasteiger partial charge is 0.497 e. The van der Waals surface area contributed by atoms with Crippen LogP contribution >= 0.6 is 0 Å². The highest BCUT2D eigenvalue weighted by atomic mass is 19.4. The summed E-state index contributed by atoms with van der Waals surface area (Å²) in [5, 5.41) is 2.54. The maximum absolute atomic E-state index is 13.5. The van der Waals surface area contributed by atoms with Gasteiger partial charge in [-0.25, -0.2) is 9.18 Å². The molecule has 0 fully saturated rings. The molecule has 1 aliphatic rings. The Morgan fingerprint density at radius 1 is 1.00 bits per heavy atom. The number of hydrogen-bond donors (Lipinski definition) is 1. The molecule has 0 bridgehead atoms. The zero-order valence-corrected chi connectivity index (χ0v) is 20.4. The minimum Gasteiger partial charge on any atom is -0.497 e. The van der Waals surface area contributed by atoms with Gasteiger partial charge >= 0.3 is 12.2 Å². The number of rotatable bonds is 5. The number of amides is 3. The van der Waals surface area contributed by atoms with Crippen LogP contribution in [0.5, 0.6) is 5.75 Å². The number of carbonyl (C=O) groups excluding carboxylic acids is 2. The van der Waals surface area contributed by atoms with E-state index >= 15 is 0 Å². The van der Waals surface area contributed by atoms with E-state index in [4.69, 9.17) is 4.74 Å². The van der Waals surface area contributed by atoms with Gasteiger partial charge in [0.05, 0.1) is 18.7 Å². The van der Waals surface area contributed by atoms with Crippen LogP contribution in [0.4, 0.5) is 28.0 Å². The van der Waals surface area contributed by atoms with E-state index < -0.39 is 29.6 Å². The molecule has 3 aromatic rings. The third-order valence-corrected chi connectivity index (χ3v) is 6.10. The van der Waals surface area contributed by atoms with Crippen molar-refractivity contribution in [3.63, 3.8) is 0 Å². The molecular weight excluding hydrogens is 502 g/mol. The lowest BCUT2D eigenvalue weighted by molar-refractivity contribution is -0.137. The van der Waals surface area contributed by atoms with Gasteiger partial charge in [0.15, 0.2) is 0 Å². The Bertz CT molecular complexity index is 1290. The third kappa shape index (κ3) is 6.50. The lowest BCUT2D eigenvalue weighted by atomic mass is 10.0. The van der Waals surface area contributed by atoms with Gasteiger partial charge in [0.25, 0.3) is 0 Å². The minimum absolute atomic E-state index is 0.106. The number of ether oxygens (including phenoxy) is 1. The topological polar surface area (TPSA) is 61.9 Å². The highest BCUT2D eigenvalue weighted by Gasteiger charge is 2.31. The molecule has 10 heteroatoms. The van der Waals surface area contributed by atoms with Crippen molar-refractivity contribution in [3.8, 4) is 5.75 Å². The summed E-state index contributed by atoms with van der Waals surface area (Å²) in [5.41, 5.74) is 0.856. The van der Waals surface area contributed by atoms with Crippen LogP contribution in [0.1, 0.15) is 22.7 Å². The van der Waals surface area contributed by atoms with Crippen molar-refractivity contribution >= 4 is 17.6 Å². The number of carbonyl (C=O) groups is 2. The van der Waals surface area contributed by atoms with Crippen molar-refractivity contribution in [2.75, 3.05) is 25.5 Å². The average Bonchev–Trinajstić information content (AvgIpc) is 2.89. The summed E-state index contributed by atoms with van der Waals surface area (Å²) in [6.45, 7) is -0.00553. The number of alkyl halides is 3. The number of nitrogens with one attached hydrogen (secondary N) is 1. The summed E-state index contributed by atoms with van der Waals surface area (Å²) in [7, 11) is 1.55. The fourth-order valence-electron chi connectivity index (χ4n) is 4.06. The Morgan fingerprint density at radius 2 is 1.66 bits per heavy atom. The Labute approximate surface area is 217 Å². The maximum atomic E-state index is 13.5. The summed E-state index contributed by atoms with van der Waals surface area (Å²) in [4.78, 5) is 29.3. The molecule has 1 heterocycles. The molecule has 0 aromatic heterocycles. The second-order valence-electron chi connectivity index (χ2n) is 8.68. The first kappa shape index (κ1) is 26.7. The molecule has 38 heavy (non-hydrogen) atoms. The molecule has 0 spiro atoms. The molecule has 3 aromatic carbocycles. The summed E-state index contributed by atoms with van der Waals surface area (Å²) in [6.07, 6.45) is -0.927. The molecule has 198 valence electrons. The summed E-state index contributed by atoms with van der Waals surface area (Å²) >= 11 is 0. The lowest BCUT2D eigenvalue weighted by Gasteiger charge is -2.34. The van der Waals surface area contributed by atoms with Crippen molar-refractivity contribution in [1.82, 2.24) is 9.80 Å². The van der Waals surface area contributed by atoms with Crippen LogP contribution in [0.25, 0.3) is 0 Å². The standard InChI is InChI=1S/C28H25F4N3O3/c1-38-24-14-6-20(7-15-24)25-3-2-16-34(18-26(36)35(25)17-19-4-10-22(29)11-5-19)27(37)33-23-12-8-21(9-13-23)28(30,31)32/h2-15,25H,16-18H2,1H3,(H,33,37)/b3-2-/t25-/m1/s1. The molecule has 4 rings (SSSR count). The van der Waals surface area contributed by atoms with Crippen LogP contribution in [0.2, 0.25) is 0 Å². The van der Waals surface area contributed by atoms with Crippen LogP contribution in [0, 0.1) is 5.82 Å². The van der Waals surface area contributed by atoms with Crippen LogP contribution < -0.4 is 10.1 Å². The molecule has 0 unspecified atom stereocenters. The maximum Gasteiger partial charge on any atom is 0.416 e. The SMILES string of the molecule is COc1ccc([C@H]2/C=C\CN(C(=O)Nc3ccc(C(F)(F)F)cc3)CC(=O)N2Cc2ccc(F)cc2)cc1. The van der Waals surface area contributed by atoms with E-state index in [1.807, 2.05) is 12.1 Å². The Kier molecular flexibility index (Phi) is 7.99. The summed E-state index contributed by atoms with van der Waals surface area (Å²) in [6, 6.07) is 16.0. The molecule has 1 atom stereocenters. The molecular formula is C28H25F4N3O3. The van der Waals surface area contributed by atoms with Crippen molar-refractivity contribution in [3.05, 3.63) is 107 Å². The number of methoxy groups -OCH3 is 1. The van der Waals surface area contributed by atoms with Crippen LogP contribution in [-0.2, 0) is 17.5 Å². The van der Waals surface area contributed by atoms with Crippen LogP contribution in [0.15, 0.2) is 84.9 Å².